The van der Waals surface area contributed by atoms with Crippen molar-refractivity contribution in [1.29, 1.82) is 0 Å². The van der Waals surface area contributed by atoms with E-state index in [1.807, 2.05) is 36.4 Å². The molecule has 0 spiro atoms. The first-order valence-electron chi connectivity index (χ1n) is 12.3. The number of ether oxygens (including phenoxy) is 1. The largest absolute Gasteiger partial charge is 0.481 e. The number of carbonyl (C=O) groups is 3. The summed E-state index contributed by atoms with van der Waals surface area (Å²) in [5, 5.41) is 12.2. The molecule has 182 valence electrons. The summed E-state index contributed by atoms with van der Waals surface area (Å²) >= 11 is 0. The number of alkyl carbamates (subject to hydrolysis) is 1. The maximum atomic E-state index is 13.0. The van der Waals surface area contributed by atoms with Gasteiger partial charge >= 0.3 is 12.1 Å². The molecule has 3 atom stereocenters. The second kappa shape index (κ2) is 9.94. The first-order chi connectivity index (χ1) is 17.0. The van der Waals surface area contributed by atoms with Crippen molar-refractivity contribution in [1.82, 2.24) is 10.2 Å². The van der Waals surface area contributed by atoms with Gasteiger partial charge in [-0.1, -0.05) is 60.7 Å². The fraction of sp³-hybridized carbons (Fsp3) is 0.393. The molecule has 1 fully saturated rings. The average Bonchev–Trinajstić information content (AvgIpc) is 3.21. The molecule has 7 heteroatoms. The van der Waals surface area contributed by atoms with Crippen molar-refractivity contribution in [3.05, 3.63) is 71.8 Å². The third kappa shape index (κ3) is 4.81. The number of hydrogen-bond donors (Lipinski definition) is 2. The number of likely N-dealkylation sites (tertiary alicyclic amines) is 1. The quantitative estimate of drug-likeness (QED) is 0.634. The van der Waals surface area contributed by atoms with Crippen LogP contribution in [-0.4, -0.2) is 53.7 Å². The SMILES string of the molecule is O=C(N[C@@H]1C=CC[C@@H](C(=O)N2CCC[C@H](C(=O)O)C2)C1)OCC1c2ccccc2-c2ccccc21. The van der Waals surface area contributed by atoms with E-state index >= 15 is 0 Å². The van der Waals surface area contributed by atoms with Gasteiger partial charge < -0.3 is 20.1 Å². The number of carbonyl (C=O) groups excluding carboxylic acids is 2. The molecule has 2 amide bonds. The fourth-order valence-corrected chi connectivity index (χ4v) is 5.63. The minimum Gasteiger partial charge on any atom is -0.481 e. The van der Waals surface area contributed by atoms with Gasteiger partial charge in [0.05, 0.1) is 12.0 Å². The van der Waals surface area contributed by atoms with Crippen LogP contribution in [0.15, 0.2) is 60.7 Å². The lowest BCUT2D eigenvalue weighted by atomic mass is 9.88. The van der Waals surface area contributed by atoms with Crippen molar-refractivity contribution in [3.8, 4) is 11.1 Å². The van der Waals surface area contributed by atoms with Gasteiger partial charge in [-0.2, -0.15) is 0 Å². The van der Waals surface area contributed by atoms with Crippen molar-refractivity contribution in [2.75, 3.05) is 19.7 Å². The maximum absolute atomic E-state index is 13.0. The number of benzene rings is 2. The summed E-state index contributed by atoms with van der Waals surface area (Å²) in [6.45, 7) is 1.09. The summed E-state index contributed by atoms with van der Waals surface area (Å²) in [7, 11) is 0. The maximum Gasteiger partial charge on any atom is 0.407 e. The second-order valence-corrected chi connectivity index (χ2v) is 9.63. The highest BCUT2D eigenvalue weighted by Gasteiger charge is 2.34. The third-order valence-electron chi connectivity index (χ3n) is 7.41. The van der Waals surface area contributed by atoms with Crippen LogP contribution in [0.5, 0.6) is 0 Å². The molecule has 2 aromatic rings. The highest BCUT2D eigenvalue weighted by atomic mass is 16.5. The van der Waals surface area contributed by atoms with Crippen LogP contribution in [0.3, 0.4) is 0 Å². The molecule has 35 heavy (non-hydrogen) atoms. The van der Waals surface area contributed by atoms with Crippen molar-refractivity contribution < 1.29 is 24.2 Å². The number of amides is 2. The number of piperidine rings is 1. The second-order valence-electron chi connectivity index (χ2n) is 9.63. The molecule has 3 aliphatic rings. The van der Waals surface area contributed by atoms with E-state index in [0.29, 0.717) is 32.2 Å². The zero-order valence-corrected chi connectivity index (χ0v) is 19.6. The zero-order chi connectivity index (χ0) is 24.4. The normalized spacial score (nSPS) is 23.3. The van der Waals surface area contributed by atoms with E-state index in [4.69, 9.17) is 4.74 Å². The van der Waals surface area contributed by atoms with E-state index in [1.165, 1.54) is 11.1 Å². The lowest BCUT2D eigenvalue weighted by Gasteiger charge is -2.35. The molecular weight excluding hydrogens is 444 g/mol. The van der Waals surface area contributed by atoms with E-state index in [2.05, 4.69) is 29.6 Å². The highest BCUT2D eigenvalue weighted by Crippen LogP contribution is 2.44. The molecule has 0 radical (unpaired) electrons. The standard InChI is InChI=1S/C28H30N2O5/c31-26(30-14-6-8-19(16-30)27(32)33)18-7-5-9-20(15-18)29-28(34)35-17-25-23-12-3-1-10-21(23)22-11-2-4-13-24(22)25/h1-5,9-13,18-20,25H,6-8,14-17H2,(H,29,34)(H,32,33)/t18-,19+,20-/m1/s1. The van der Waals surface area contributed by atoms with Gasteiger partial charge in [-0.3, -0.25) is 9.59 Å². The van der Waals surface area contributed by atoms with Gasteiger partial charge in [0.1, 0.15) is 6.61 Å². The molecule has 1 aliphatic heterocycles. The number of rotatable bonds is 5. The average molecular weight is 475 g/mol. The lowest BCUT2D eigenvalue weighted by Crippen LogP contribution is -2.47. The smallest absolute Gasteiger partial charge is 0.407 e. The Morgan fingerprint density at radius 3 is 2.37 bits per heavy atom. The van der Waals surface area contributed by atoms with Crippen LogP contribution in [0.2, 0.25) is 0 Å². The van der Waals surface area contributed by atoms with Gasteiger partial charge in [0.2, 0.25) is 5.91 Å². The van der Waals surface area contributed by atoms with E-state index < -0.39 is 18.0 Å². The molecule has 2 aliphatic carbocycles. The number of aliphatic carboxylic acids is 1. The highest BCUT2D eigenvalue weighted by molar-refractivity contribution is 5.81. The lowest BCUT2D eigenvalue weighted by molar-refractivity contribution is -0.147. The van der Waals surface area contributed by atoms with Crippen LogP contribution in [0.4, 0.5) is 4.79 Å². The van der Waals surface area contributed by atoms with Crippen LogP contribution >= 0.6 is 0 Å². The molecule has 2 aromatic carbocycles. The van der Waals surface area contributed by atoms with Crippen LogP contribution < -0.4 is 5.32 Å². The molecule has 7 nitrogen and oxygen atoms in total. The number of nitrogens with one attached hydrogen (secondary N) is 1. The van der Waals surface area contributed by atoms with E-state index in [9.17, 15) is 19.5 Å². The Kier molecular flexibility index (Phi) is 6.57. The van der Waals surface area contributed by atoms with Gasteiger partial charge in [0, 0.05) is 24.9 Å². The summed E-state index contributed by atoms with van der Waals surface area (Å²) < 4.78 is 5.65. The summed E-state index contributed by atoms with van der Waals surface area (Å²) in [5.74, 6) is -1.65. The Morgan fingerprint density at radius 2 is 1.69 bits per heavy atom. The van der Waals surface area contributed by atoms with E-state index in [1.54, 1.807) is 4.90 Å². The topological polar surface area (TPSA) is 95.9 Å². The summed E-state index contributed by atoms with van der Waals surface area (Å²) in [4.78, 5) is 38.7. The number of carboxylic acid groups (broad SMARTS) is 1. The minimum absolute atomic E-state index is 0.00865. The summed E-state index contributed by atoms with van der Waals surface area (Å²) in [6.07, 6.45) is 5.70. The number of carboxylic acids is 1. The first kappa shape index (κ1) is 23.1. The number of allylic oxidation sites excluding steroid dienone is 1. The third-order valence-corrected chi connectivity index (χ3v) is 7.41. The zero-order valence-electron chi connectivity index (χ0n) is 19.6. The van der Waals surface area contributed by atoms with E-state index in [0.717, 1.165) is 11.1 Å². The van der Waals surface area contributed by atoms with Crippen LogP contribution in [0.1, 0.15) is 42.7 Å². The fourth-order valence-electron chi connectivity index (χ4n) is 5.63. The Hall–Kier alpha value is -3.61. The van der Waals surface area contributed by atoms with Gasteiger partial charge in [-0.05, 0) is 47.9 Å². The molecule has 0 unspecified atom stereocenters. The first-order valence-corrected chi connectivity index (χ1v) is 12.3. The van der Waals surface area contributed by atoms with Crippen LogP contribution in [0, 0.1) is 11.8 Å². The van der Waals surface area contributed by atoms with Crippen LogP contribution in [0.25, 0.3) is 11.1 Å². The minimum atomic E-state index is -0.846. The van der Waals surface area contributed by atoms with Crippen molar-refractivity contribution in [3.63, 3.8) is 0 Å². The van der Waals surface area contributed by atoms with Crippen LogP contribution in [-0.2, 0) is 14.3 Å². The summed E-state index contributed by atoms with van der Waals surface area (Å²) in [6, 6.07) is 16.1. The number of fused-ring (bicyclic) bond motifs is 3. The number of hydrogen-bond acceptors (Lipinski definition) is 4. The Balaban J connectivity index is 1.17. The molecule has 1 heterocycles. The molecule has 1 saturated heterocycles. The van der Waals surface area contributed by atoms with Gasteiger partial charge in [-0.15, -0.1) is 0 Å². The Bertz CT molecular complexity index is 1110. The predicted octanol–water partition coefficient (Wildman–Crippen LogP) is 4.18. The Morgan fingerprint density at radius 1 is 1.00 bits per heavy atom. The van der Waals surface area contributed by atoms with Gasteiger partial charge in [-0.25, -0.2) is 4.79 Å². The van der Waals surface area contributed by atoms with Crippen molar-refractivity contribution in [2.45, 2.75) is 37.6 Å². The molecule has 0 saturated carbocycles. The monoisotopic (exact) mass is 474 g/mol. The Labute approximate surface area is 204 Å². The molecule has 0 aromatic heterocycles. The van der Waals surface area contributed by atoms with Gasteiger partial charge in [0.25, 0.3) is 0 Å². The predicted molar refractivity (Wildman–Crippen MR) is 131 cm³/mol. The van der Waals surface area contributed by atoms with Crippen molar-refractivity contribution >= 4 is 18.0 Å². The number of nitrogens with zero attached hydrogens (tertiary/aromatic N) is 1. The molecule has 2 N–H and O–H groups in total. The van der Waals surface area contributed by atoms with Gasteiger partial charge in [0.15, 0.2) is 0 Å². The van der Waals surface area contributed by atoms with Crippen molar-refractivity contribution in [2.24, 2.45) is 11.8 Å². The summed E-state index contributed by atoms with van der Waals surface area (Å²) in [5.41, 5.74) is 4.67. The van der Waals surface area contributed by atoms with E-state index in [-0.39, 0.29) is 36.9 Å². The molecule has 5 rings (SSSR count). The molecule has 0 bridgehead atoms. The molecular formula is C28H30N2O5.